The van der Waals surface area contributed by atoms with E-state index in [0.717, 1.165) is 16.9 Å². The van der Waals surface area contributed by atoms with E-state index in [9.17, 15) is 13.5 Å². The number of thiazole rings is 1. The molecular weight excluding hydrogens is 310 g/mol. The van der Waals surface area contributed by atoms with Crippen LogP contribution in [0.1, 0.15) is 18.2 Å². The first-order valence-electron chi connectivity index (χ1n) is 6.32. The molecule has 2 aromatic rings. The van der Waals surface area contributed by atoms with Crippen LogP contribution < -0.4 is 10.0 Å². The lowest BCUT2D eigenvalue weighted by atomic mass is 10.2. The number of aromatic nitrogens is 1. The highest BCUT2D eigenvalue weighted by Gasteiger charge is 2.29. The third-order valence-electron chi connectivity index (χ3n) is 3.04. The Morgan fingerprint density at radius 2 is 2.05 bits per heavy atom. The van der Waals surface area contributed by atoms with E-state index >= 15 is 0 Å². The first-order chi connectivity index (χ1) is 9.77. The summed E-state index contributed by atoms with van der Waals surface area (Å²) in [5.41, 5.74) is 7.18. The van der Waals surface area contributed by atoms with Gasteiger partial charge in [0, 0.05) is 12.6 Å². The van der Waals surface area contributed by atoms with Gasteiger partial charge >= 0.3 is 0 Å². The zero-order valence-corrected chi connectivity index (χ0v) is 13.6. The molecule has 6 nitrogen and oxygen atoms in total. The molecule has 0 unspecified atom stereocenters. The van der Waals surface area contributed by atoms with Crippen molar-refractivity contribution >= 4 is 32.2 Å². The van der Waals surface area contributed by atoms with Crippen molar-refractivity contribution in [1.82, 2.24) is 4.98 Å². The first-order valence-corrected chi connectivity index (χ1v) is 8.58. The Kier molecular flexibility index (Phi) is 4.11. The maximum atomic E-state index is 12.8. The first kappa shape index (κ1) is 15.6. The van der Waals surface area contributed by atoms with Crippen molar-refractivity contribution < 1.29 is 13.5 Å². The number of hydrogen-bond donors (Lipinski definition) is 2. The van der Waals surface area contributed by atoms with E-state index in [0.29, 0.717) is 11.4 Å². The van der Waals surface area contributed by atoms with Crippen molar-refractivity contribution in [2.45, 2.75) is 25.0 Å². The van der Waals surface area contributed by atoms with Crippen LogP contribution >= 0.6 is 11.3 Å². The Hall–Kier alpha value is -1.80. The van der Waals surface area contributed by atoms with Gasteiger partial charge in [0.15, 0.2) is 9.34 Å². The van der Waals surface area contributed by atoms with Crippen molar-refractivity contribution in [2.24, 2.45) is 0 Å². The second-order valence-electron chi connectivity index (χ2n) is 4.57. The zero-order valence-electron chi connectivity index (χ0n) is 12.0. The third-order valence-corrected chi connectivity index (χ3v) is 6.51. The van der Waals surface area contributed by atoms with E-state index in [1.165, 1.54) is 16.4 Å². The highest BCUT2D eigenvalue weighted by Crippen LogP contribution is 2.33. The average Bonchev–Trinajstić information content (AvgIpc) is 2.74. The van der Waals surface area contributed by atoms with E-state index in [1.54, 1.807) is 26.8 Å². The summed E-state index contributed by atoms with van der Waals surface area (Å²) in [6, 6.07) is 4.64. The zero-order chi connectivity index (χ0) is 15.8. The van der Waals surface area contributed by atoms with Gasteiger partial charge in [0.25, 0.3) is 10.0 Å². The predicted molar refractivity (Wildman–Crippen MR) is 84.3 cm³/mol. The third kappa shape index (κ3) is 2.81. The standard InChI is InChI=1S/C13H17N3O3S2/c1-4-16(11-7-10(17)6-5-8(11)2)21(18,19)12-9(3)15-13(14)20-12/h5-7,17H,4H2,1-3H3,(H2,14,15). The molecule has 0 fully saturated rings. The summed E-state index contributed by atoms with van der Waals surface area (Å²) >= 11 is 0.944. The van der Waals surface area contributed by atoms with Gasteiger partial charge in [-0.2, -0.15) is 0 Å². The number of anilines is 2. The summed E-state index contributed by atoms with van der Waals surface area (Å²) in [6.07, 6.45) is 0. The highest BCUT2D eigenvalue weighted by molar-refractivity contribution is 7.94. The lowest BCUT2D eigenvalue weighted by Gasteiger charge is -2.24. The smallest absolute Gasteiger partial charge is 0.275 e. The quantitative estimate of drug-likeness (QED) is 0.898. The van der Waals surface area contributed by atoms with Crippen LogP contribution in [0.5, 0.6) is 5.75 Å². The van der Waals surface area contributed by atoms with Crippen LogP contribution in [-0.2, 0) is 10.0 Å². The highest BCUT2D eigenvalue weighted by atomic mass is 32.2. The van der Waals surface area contributed by atoms with Gasteiger partial charge in [0.1, 0.15) is 5.75 Å². The summed E-state index contributed by atoms with van der Waals surface area (Å²) in [5.74, 6) is 0.0183. The van der Waals surface area contributed by atoms with Crippen molar-refractivity contribution in [3.05, 3.63) is 29.5 Å². The summed E-state index contributed by atoms with van der Waals surface area (Å²) in [5, 5.41) is 9.84. The maximum Gasteiger partial charge on any atom is 0.275 e. The summed E-state index contributed by atoms with van der Waals surface area (Å²) < 4.78 is 27.0. The second kappa shape index (κ2) is 5.53. The Morgan fingerprint density at radius 3 is 2.57 bits per heavy atom. The molecule has 2 rings (SSSR count). The Labute approximate surface area is 127 Å². The van der Waals surface area contributed by atoms with Crippen molar-refractivity contribution in [1.29, 1.82) is 0 Å². The molecular formula is C13H17N3O3S2. The molecule has 1 aromatic heterocycles. The predicted octanol–water partition coefficient (Wildman–Crippen LogP) is 2.26. The average molecular weight is 327 g/mol. The SMILES string of the molecule is CCN(c1cc(O)ccc1C)S(=O)(=O)c1sc(N)nc1C. The van der Waals surface area contributed by atoms with Gasteiger partial charge in [0.2, 0.25) is 0 Å². The molecule has 1 aromatic carbocycles. The minimum atomic E-state index is -3.76. The molecule has 3 N–H and O–H groups in total. The van der Waals surface area contributed by atoms with Crippen LogP contribution in [0.4, 0.5) is 10.8 Å². The van der Waals surface area contributed by atoms with E-state index in [1.807, 2.05) is 0 Å². The Balaban J connectivity index is 2.60. The molecule has 0 atom stereocenters. The monoisotopic (exact) mass is 327 g/mol. The molecule has 0 amide bonds. The molecule has 0 aliphatic heterocycles. The number of phenolic OH excluding ortho intramolecular Hbond substituents is 1. The lowest BCUT2D eigenvalue weighted by molar-refractivity contribution is 0.475. The van der Waals surface area contributed by atoms with Gasteiger partial charge in [0.05, 0.1) is 11.4 Å². The topological polar surface area (TPSA) is 96.5 Å². The van der Waals surface area contributed by atoms with Crippen LogP contribution in [0.3, 0.4) is 0 Å². The molecule has 8 heteroatoms. The maximum absolute atomic E-state index is 12.8. The molecule has 21 heavy (non-hydrogen) atoms. The van der Waals surface area contributed by atoms with Crippen LogP contribution in [0, 0.1) is 13.8 Å². The fourth-order valence-corrected chi connectivity index (χ4v) is 5.01. The van der Waals surface area contributed by atoms with Crippen LogP contribution in [0.15, 0.2) is 22.4 Å². The molecule has 0 saturated carbocycles. The Morgan fingerprint density at radius 1 is 1.38 bits per heavy atom. The van der Waals surface area contributed by atoms with Gasteiger partial charge in [-0.1, -0.05) is 17.4 Å². The van der Waals surface area contributed by atoms with Crippen molar-refractivity contribution in [3.8, 4) is 5.75 Å². The van der Waals surface area contributed by atoms with E-state index in [2.05, 4.69) is 4.98 Å². The number of hydrogen-bond acceptors (Lipinski definition) is 6. The number of rotatable bonds is 4. The largest absolute Gasteiger partial charge is 0.508 e. The van der Waals surface area contributed by atoms with Gasteiger partial charge in [-0.15, -0.1) is 0 Å². The molecule has 0 aliphatic carbocycles. The number of nitrogens with two attached hydrogens (primary N) is 1. The number of nitrogen functional groups attached to an aromatic ring is 1. The van der Waals surface area contributed by atoms with E-state index in [-0.39, 0.29) is 21.6 Å². The summed E-state index contributed by atoms with van der Waals surface area (Å²) in [7, 11) is -3.76. The summed E-state index contributed by atoms with van der Waals surface area (Å²) in [6.45, 7) is 5.38. The fourth-order valence-electron chi connectivity index (χ4n) is 2.08. The lowest BCUT2D eigenvalue weighted by Crippen LogP contribution is -2.31. The normalized spacial score (nSPS) is 11.6. The number of sulfonamides is 1. The van der Waals surface area contributed by atoms with E-state index in [4.69, 9.17) is 5.73 Å². The van der Waals surface area contributed by atoms with Gasteiger partial charge in [-0.3, -0.25) is 4.31 Å². The number of aryl methyl sites for hydroxylation is 2. The number of aromatic hydroxyl groups is 1. The van der Waals surface area contributed by atoms with Crippen molar-refractivity contribution in [3.63, 3.8) is 0 Å². The fraction of sp³-hybridized carbons (Fsp3) is 0.308. The van der Waals surface area contributed by atoms with Crippen LogP contribution in [0.25, 0.3) is 0 Å². The van der Waals surface area contributed by atoms with Gasteiger partial charge < -0.3 is 10.8 Å². The van der Waals surface area contributed by atoms with Gasteiger partial charge in [-0.25, -0.2) is 13.4 Å². The molecule has 0 bridgehead atoms. The molecule has 0 aliphatic rings. The molecule has 0 saturated heterocycles. The van der Waals surface area contributed by atoms with Gasteiger partial charge in [-0.05, 0) is 32.4 Å². The summed E-state index contributed by atoms with van der Waals surface area (Å²) in [4.78, 5) is 3.97. The molecule has 1 heterocycles. The minimum Gasteiger partial charge on any atom is -0.508 e. The second-order valence-corrected chi connectivity index (χ2v) is 7.65. The van der Waals surface area contributed by atoms with Crippen LogP contribution in [-0.4, -0.2) is 25.1 Å². The number of nitrogens with zero attached hydrogens (tertiary/aromatic N) is 2. The molecule has 114 valence electrons. The number of phenols is 1. The van der Waals surface area contributed by atoms with Crippen molar-refractivity contribution in [2.75, 3.05) is 16.6 Å². The minimum absolute atomic E-state index is 0.0183. The van der Waals surface area contributed by atoms with Crippen LogP contribution in [0.2, 0.25) is 0 Å². The number of benzene rings is 1. The Bertz CT molecular complexity index is 769. The molecule has 0 spiro atoms. The molecule has 0 radical (unpaired) electrons. The van der Waals surface area contributed by atoms with E-state index < -0.39 is 10.0 Å².